The van der Waals surface area contributed by atoms with Gasteiger partial charge in [0.25, 0.3) is 5.69 Å². The Morgan fingerprint density at radius 3 is 2.75 bits per heavy atom. The molecule has 0 unspecified atom stereocenters. The Morgan fingerprint density at radius 1 is 1.20 bits per heavy atom. The molecule has 0 atom stereocenters. The Labute approximate surface area is 118 Å². The van der Waals surface area contributed by atoms with E-state index in [1.807, 2.05) is 6.07 Å². The molecule has 0 radical (unpaired) electrons. The first-order chi connectivity index (χ1) is 9.65. The minimum atomic E-state index is -0.481. The molecule has 1 aromatic carbocycles. The van der Waals surface area contributed by atoms with E-state index < -0.39 is 4.92 Å². The molecule has 0 bridgehead atoms. The van der Waals surface area contributed by atoms with Crippen molar-refractivity contribution < 1.29 is 4.92 Å². The van der Waals surface area contributed by atoms with Crippen molar-refractivity contribution in [1.29, 1.82) is 0 Å². The average Bonchev–Trinajstić information content (AvgIpc) is 2.47. The molecule has 0 N–H and O–H groups in total. The molecule has 6 nitrogen and oxygen atoms in total. The fourth-order valence-corrected chi connectivity index (χ4v) is 2.05. The smallest absolute Gasteiger partial charge is 0.264 e. The Morgan fingerprint density at radius 2 is 2.05 bits per heavy atom. The van der Waals surface area contributed by atoms with Crippen molar-refractivity contribution >= 4 is 28.2 Å². The van der Waals surface area contributed by atoms with Crippen LogP contribution in [0.15, 0.2) is 42.7 Å². The number of benzene rings is 1. The quantitative estimate of drug-likeness (QED) is 0.410. The van der Waals surface area contributed by atoms with Crippen molar-refractivity contribution in [1.82, 2.24) is 15.0 Å². The van der Waals surface area contributed by atoms with E-state index in [2.05, 4.69) is 15.0 Å². The molecule has 0 saturated heterocycles. The number of nitro benzene ring substituents is 1. The third-order valence-corrected chi connectivity index (χ3v) is 3.05. The number of halogens is 1. The number of hydrogen-bond donors (Lipinski definition) is 0. The second kappa shape index (κ2) is 4.82. The molecular weight excluding hydrogens is 280 g/mol. The average molecular weight is 287 g/mol. The van der Waals surface area contributed by atoms with E-state index in [9.17, 15) is 10.1 Å². The number of hydrogen-bond acceptors (Lipinski definition) is 5. The van der Waals surface area contributed by atoms with Crippen molar-refractivity contribution in [3.63, 3.8) is 0 Å². The molecule has 0 aliphatic heterocycles. The summed E-state index contributed by atoms with van der Waals surface area (Å²) in [5.74, 6) is 0.435. The van der Waals surface area contributed by atoms with Crippen LogP contribution in [0, 0.1) is 10.1 Å². The normalized spacial score (nSPS) is 10.7. The monoisotopic (exact) mass is 286 g/mol. The fourth-order valence-electron chi connectivity index (χ4n) is 1.82. The Balaban J connectivity index is 2.21. The minimum absolute atomic E-state index is 0.0443. The first kappa shape index (κ1) is 12.4. The van der Waals surface area contributed by atoms with Gasteiger partial charge in [0.1, 0.15) is 5.15 Å². The molecule has 3 aromatic rings. The molecule has 0 amide bonds. The standard InChI is InChI=1S/C13H7ClN4O2/c14-12-10-6-9(18(19)20)3-4-11(10)16-13(17-12)8-2-1-5-15-7-8/h1-7H. The summed E-state index contributed by atoms with van der Waals surface area (Å²) in [6, 6.07) is 7.90. The van der Waals surface area contributed by atoms with E-state index in [1.165, 1.54) is 12.1 Å². The van der Waals surface area contributed by atoms with E-state index in [4.69, 9.17) is 11.6 Å². The van der Waals surface area contributed by atoms with Crippen LogP contribution in [0.3, 0.4) is 0 Å². The number of nitrogens with zero attached hydrogens (tertiary/aromatic N) is 4. The highest BCUT2D eigenvalue weighted by atomic mass is 35.5. The predicted octanol–water partition coefficient (Wildman–Crippen LogP) is 3.25. The first-order valence-corrected chi connectivity index (χ1v) is 6.05. The van der Waals surface area contributed by atoms with E-state index in [1.54, 1.807) is 24.5 Å². The predicted molar refractivity (Wildman–Crippen MR) is 74.4 cm³/mol. The van der Waals surface area contributed by atoms with Gasteiger partial charge in [-0.05, 0) is 18.2 Å². The van der Waals surface area contributed by atoms with E-state index in [-0.39, 0.29) is 10.8 Å². The van der Waals surface area contributed by atoms with Crippen LogP contribution in [-0.4, -0.2) is 19.9 Å². The van der Waals surface area contributed by atoms with Crippen LogP contribution in [0.5, 0.6) is 0 Å². The van der Waals surface area contributed by atoms with E-state index in [0.29, 0.717) is 16.7 Å². The molecule has 3 rings (SSSR count). The lowest BCUT2D eigenvalue weighted by atomic mass is 10.2. The van der Waals surface area contributed by atoms with Crippen molar-refractivity contribution in [2.45, 2.75) is 0 Å². The molecule has 0 aliphatic rings. The van der Waals surface area contributed by atoms with Gasteiger partial charge in [0, 0.05) is 35.5 Å². The van der Waals surface area contributed by atoms with Crippen LogP contribution in [0.1, 0.15) is 0 Å². The van der Waals surface area contributed by atoms with Crippen LogP contribution in [0.4, 0.5) is 5.69 Å². The van der Waals surface area contributed by atoms with Crippen LogP contribution >= 0.6 is 11.6 Å². The summed E-state index contributed by atoms with van der Waals surface area (Å²) in [6.45, 7) is 0. The zero-order valence-corrected chi connectivity index (χ0v) is 10.8. The highest BCUT2D eigenvalue weighted by Gasteiger charge is 2.12. The lowest BCUT2D eigenvalue weighted by Crippen LogP contribution is -1.94. The van der Waals surface area contributed by atoms with Gasteiger partial charge in [-0.1, -0.05) is 11.6 Å². The fraction of sp³-hybridized carbons (Fsp3) is 0. The molecule has 0 aliphatic carbocycles. The second-order valence-electron chi connectivity index (χ2n) is 4.04. The van der Waals surface area contributed by atoms with Gasteiger partial charge in [-0.25, -0.2) is 9.97 Å². The minimum Gasteiger partial charge on any atom is -0.264 e. The van der Waals surface area contributed by atoms with Gasteiger partial charge in [-0.2, -0.15) is 0 Å². The number of fused-ring (bicyclic) bond motifs is 1. The van der Waals surface area contributed by atoms with Gasteiger partial charge in [-0.3, -0.25) is 15.1 Å². The van der Waals surface area contributed by atoms with Gasteiger partial charge in [-0.15, -0.1) is 0 Å². The number of nitro groups is 1. The molecule has 0 fully saturated rings. The molecule has 2 aromatic heterocycles. The third-order valence-electron chi connectivity index (χ3n) is 2.76. The molecule has 20 heavy (non-hydrogen) atoms. The van der Waals surface area contributed by atoms with Gasteiger partial charge >= 0.3 is 0 Å². The maximum Gasteiger partial charge on any atom is 0.270 e. The molecular formula is C13H7ClN4O2. The summed E-state index contributed by atoms with van der Waals surface area (Å²) in [7, 11) is 0. The summed E-state index contributed by atoms with van der Waals surface area (Å²) < 4.78 is 0. The molecule has 7 heteroatoms. The SMILES string of the molecule is O=[N+]([O-])c1ccc2nc(-c3cccnc3)nc(Cl)c2c1. The number of aromatic nitrogens is 3. The molecule has 2 heterocycles. The number of rotatable bonds is 2. The van der Waals surface area contributed by atoms with E-state index >= 15 is 0 Å². The van der Waals surface area contributed by atoms with Crippen molar-refractivity contribution in [2.75, 3.05) is 0 Å². The summed E-state index contributed by atoms with van der Waals surface area (Å²) in [4.78, 5) is 22.8. The summed E-state index contributed by atoms with van der Waals surface area (Å²) in [6.07, 6.45) is 3.28. The molecule has 98 valence electrons. The zero-order chi connectivity index (χ0) is 14.1. The highest BCUT2D eigenvalue weighted by Crippen LogP contribution is 2.27. The topological polar surface area (TPSA) is 81.8 Å². The third kappa shape index (κ3) is 2.17. The highest BCUT2D eigenvalue weighted by molar-refractivity contribution is 6.34. The number of pyridine rings is 1. The Hall–Kier alpha value is -2.60. The summed E-state index contributed by atoms with van der Waals surface area (Å²) in [5, 5.41) is 11.4. The van der Waals surface area contributed by atoms with Crippen LogP contribution in [0.2, 0.25) is 5.15 Å². The lowest BCUT2D eigenvalue weighted by Gasteiger charge is -2.04. The Kier molecular flexibility index (Phi) is 3.00. The zero-order valence-electron chi connectivity index (χ0n) is 10.0. The maximum absolute atomic E-state index is 10.8. The van der Waals surface area contributed by atoms with Gasteiger partial charge in [0.05, 0.1) is 10.4 Å². The van der Waals surface area contributed by atoms with Crippen molar-refractivity contribution in [2.24, 2.45) is 0 Å². The van der Waals surface area contributed by atoms with Crippen molar-refractivity contribution in [3.05, 3.63) is 58.0 Å². The van der Waals surface area contributed by atoms with Crippen LogP contribution < -0.4 is 0 Å². The van der Waals surface area contributed by atoms with E-state index in [0.717, 1.165) is 5.56 Å². The van der Waals surface area contributed by atoms with Crippen LogP contribution in [0.25, 0.3) is 22.3 Å². The summed E-state index contributed by atoms with van der Waals surface area (Å²) in [5.41, 5.74) is 1.24. The molecule has 0 spiro atoms. The van der Waals surface area contributed by atoms with Gasteiger partial charge in [0.2, 0.25) is 0 Å². The first-order valence-electron chi connectivity index (χ1n) is 5.67. The van der Waals surface area contributed by atoms with Crippen LogP contribution in [-0.2, 0) is 0 Å². The second-order valence-corrected chi connectivity index (χ2v) is 4.40. The largest absolute Gasteiger partial charge is 0.270 e. The Bertz CT molecular complexity index is 808. The van der Waals surface area contributed by atoms with Crippen molar-refractivity contribution in [3.8, 4) is 11.4 Å². The molecule has 0 saturated carbocycles. The van der Waals surface area contributed by atoms with Gasteiger partial charge in [0.15, 0.2) is 5.82 Å². The maximum atomic E-state index is 10.8. The lowest BCUT2D eigenvalue weighted by molar-refractivity contribution is -0.384. The summed E-state index contributed by atoms with van der Waals surface area (Å²) >= 11 is 6.09. The number of non-ortho nitro benzene ring substituents is 1. The van der Waals surface area contributed by atoms with Gasteiger partial charge < -0.3 is 0 Å².